The van der Waals surface area contributed by atoms with Gasteiger partial charge in [0, 0.05) is 33.3 Å². The molecule has 0 fully saturated rings. The topological polar surface area (TPSA) is 128 Å². The van der Waals surface area contributed by atoms with E-state index in [9.17, 15) is 23.9 Å². The summed E-state index contributed by atoms with van der Waals surface area (Å²) in [6, 6.07) is 7.96. The molecule has 2 amide bonds. The Morgan fingerprint density at radius 3 is 2.72 bits per heavy atom. The average Bonchev–Trinajstić information content (AvgIpc) is 2.86. The SMILES string of the molecule is CCCNC(=O)c1c(O)c2ncc(Cc3ccc(F)cc3CCC(=O)N(C)CC#N)cc2n(C)c1=O. The van der Waals surface area contributed by atoms with E-state index in [2.05, 4.69) is 10.3 Å². The lowest BCUT2D eigenvalue weighted by molar-refractivity contribution is -0.129. The summed E-state index contributed by atoms with van der Waals surface area (Å²) >= 11 is 0. The van der Waals surface area contributed by atoms with Gasteiger partial charge < -0.3 is 19.9 Å². The average molecular weight is 494 g/mol. The lowest BCUT2D eigenvalue weighted by Gasteiger charge is -2.15. The lowest BCUT2D eigenvalue weighted by atomic mass is 9.97. The zero-order valence-corrected chi connectivity index (χ0v) is 20.5. The highest BCUT2D eigenvalue weighted by atomic mass is 19.1. The molecule has 188 valence electrons. The van der Waals surface area contributed by atoms with Crippen molar-refractivity contribution in [3.63, 3.8) is 0 Å². The summed E-state index contributed by atoms with van der Waals surface area (Å²) in [7, 11) is 3.04. The number of nitriles is 1. The molecule has 0 bridgehead atoms. The van der Waals surface area contributed by atoms with Crippen LogP contribution in [0.3, 0.4) is 0 Å². The first-order valence-corrected chi connectivity index (χ1v) is 11.5. The van der Waals surface area contributed by atoms with Gasteiger partial charge in [-0.1, -0.05) is 13.0 Å². The largest absolute Gasteiger partial charge is 0.505 e. The minimum absolute atomic E-state index is 0.0227. The molecule has 0 unspecified atom stereocenters. The molecule has 3 rings (SSSR count). The van der Waals surface area contributed by atoms with Gasteiger partial charge in [0.05, 0.1) is 11.6 Å². The zero-order chi connectivity index (χ0) is 26.4. The maximum absolute atomic E-state index is 14.0. The van der Waals surface area contributed by atoms with Crippen molar-refractivity contribution in [3.05, 3.63) is 68.9 Å². The Balaban J connectivity index is 1.93. The van der Waals surface area contributed by atoms with Gasteiger partial charge in [-0.05, 0) is 54.2 Å². The highest BCUT2D eigenvalue weighted by molar-refractivity contribution is 6.01. The summed E-state index contributed by atoms with van der Waals surface area (Å²) in [6.45, 7) is 2.22. The van der Waals surface area contributed by atoms with Crippen LogP contribution in [0.2, 0.25) is 0 Å². The number of carbonyl (C=O) groups is 2. The number of rotatable bonds is 9. The summed E-state index contributed by atoms with van der Waals surface area (Å²) < 4.78 is 15.2. The lowest BCUT2D eigenvalue weighted by Crippen LogP contribution is -2.33. The Hall–Kier alpha value is -4.26. The van der Waals surface area contributed by atoms with Crippen molar-refractivity contribution in [2.45, 2.75) is 32.6 Å². The van der Waals surface area contributed by atoms with Crippen LogP contribution in [-0.4, -0.2) is 51.5 Å². The summed E-state index contributed by atoms with van der Waals surface area (Å²) in [5, 5.41) is 22.0. The van der Waals surface area contributed by atoms with Gasteiger partial charge >= 0.3 is 0 Å². The number of nitrogens with one attached hydrogen (secondary N) is 1. The van der Waals surface area contributed by atoms with Crippen LogP contribution in [0.4, 0.5) is 4.39 Å². The van der Waals surface area contributed by atoms with E-state index in [4.69, 9.17) is 5.26 Å². The second-order valence-corrected chi connectivity index (χ2v) is 8.55. The fourth-order valence-corrected chi connectivity index (χ4v) is 3.90. The number of nitrogens with zero attached hydrogens (tertiary/aromatic N) is 4. The molecule has 2 heterocycles. The fourth-order valence-electron chi connectivity index (χ4n) is 3.90. The minimum Gasteiger partial charge on any atom is -0.505 e. The van der Waals surface area contributed by atoms with E-state index >= 15 is 0 Å². The number of benzene rings is 1. The van der Waals surface area contributed by atoms with Crippen molar-refractivity contribution in [3.8, 4) is 11.8 Å². The molecule has 10 heteroatoms. The van der Waals surface area contributed by atoms with Gasteiger partial charge in [-0.15, -0.1) is 0 Å². The number of hydrogen-bond acceptors (Lipinski definition) is 6. The summed E-state index contributed by atoms with van der Waals surface area (Å²) in [5.74, 6) is -1.78. The van der Waals surface area contributed by atoms with Gasteiger partial charge in [-0.25, -0.2) is 4.39 Å². The van der Waals surface area contributed by atoms with Crippen molar-refractivity contribution in [2.75, 3.05) is 20.1 Å². The highest BCUT2D eigenvalue weighted by Crippen LogP contribution is 2.26. The number of fused-ring (bicyclic) bond motifs is 1. The molecule has 9 nitrogen and oxygen atoms in total. The number of carbonyl (C=O) groups excluding carboxylic acids is 2. The minimum atomic E-state index is -0.659. The zero-order valence-electron chi connectivity index (χ0n) is 20.5. The van der Waals surface area contributed by atoms with E-state index in [-0.39, 0.29) is 36.4 Å². The van der Waals surface area contributed by atoms with Gasteiger partial charge in [0.1, 0.15) is 23.4 Å². The first kappa shape index (κ1) is 26.3. The maximum Gasteiger partial charge on any atom is 0.267 e. The number of aromatic hydroxyl groups is 1. The third kappa shape index (κ3) is 5.68. The first-order valence-electron chi connectivity index (χ1n) is 11.5. The highest BCUT2D eigenvalue weighted by Gasteiger charge is 2.22. The normalized spacial score (nSPS) is 10.8. The second kappa shape index (κ2) is 11.4. The Labute approximate surface area is 207 Å². The number of aryl methyl sites for hydroxylation is 2. The smallest absolute Gasteiger partial charge is 0.267 e. The van der Waals surface area contributed by atoms with Crippen molar-refractivity contribution < 1.29 is 19.1 Å². The van der Waals surface area contributed by atoms with E-state index in [1.165, 1.54) is 41.9 Å². The second-order valence-electron chi connectivity index (χ2n) is 8.55. The van der Waals surface area contributed by atoms with Crippen LogP contribution in [0.1, 0.15) is 46.8 Å². The standard InChI is InChI=1S/C26H28FN5O4/c1-4-10-29-25(35)22-24(34)23-20(32(3)26(22)36)13-16(15-30-23)12-17-5-7-19(27)14-18(17)6-8-21(33)31(2)11-9-28/h5,7,13-15,34H,4,6,8,10-12H2,1-3H3,(H,29,35). The molecule has 2 N–H and O–H groups in total. The summed E-state index contributed by atoms with van der Waals surface area (Å²) in [6.07, 6.45) is 2.96. The molecule has 0 saturated carbocycles. The first-order chi connectivity index (χ1) is 17.2. The molecule has 0 aliphatic rings. The number of pyridine rings is 2. The molecule has 0 spiro atoms. The van der Waals surface area contributed by atoms with Gasteiger partial charge in [0.2, 0.25) is 5.91 Å². The van der Waals surface area contributed by atoms with E-state index < -0.39 is 23.0 Å². The Morgan fingerprint density at radius 2 is 2.03 bits per heavy atom. The Morgan fingerprint density at radius 1 is 1.28 bits per heavy atom. The fraction of sp³-hybridized carbons (Fsp3) is 0.346. The maximum atomic E-state index is 14.0. The van der Waals surface area contributed by atoms with E-state index in [1.54, 1.807) is 12.1 Å². The van der Waals surface area contributed by atoms with E-state index in [0.29, 0.717) is 36.0 Å². The molecule has 36 heavy (non-hydrogen) atoms. The monoisotopic (exact) mass is 493 g/mol. The van der Waals surface area contributed by atoms with Crippen LogP contribution in [0.25, 0.3) is 11.0 Å². The van der Waals surface area contributed by atoms with Crippen LogP contribution in [0.15, 0.2) is 35.3 Å². The molecule has 1 aromatic carbocycles. The summed E-state index contributed by atoms with van der Waals surface area (Å²) in [4.78, 5) is 43.1. The number of halogens is 1. The van der Waals surface area contributed by atoms with Crippen LogP contribution in [0, 0.1) is 17.1 Å². The van der Waals surface area contributed by atoms with Crippen molar-refractivity contribution in [1.82, 2.24) is 19.8 Å². The van der Waals surface area contributed by atoms with Gasteiger partial charge in [-0.2, -0.15) is 5.26 Å². The molecule has 2 aromatic heterocycles. The third-order valence-corrected chi connectivity index (χ3v) is 5.93. The predicted octanol–water partition coefficient (Wildman–Crippen LogP) is 2.42. The molecule has 0 saturated heterocycles. The Kier molecular flexibility index (Phi) is 8.38. The molecule has 0 atom stereocenters. The van der Waals surface area contributed by atoms with Crippen LogP contribution in [0.5, 0.6) is 5.75 Å². The van der Waals surface area contributed by atoms with E-state index in [1.807, 2.05) is 13.0 Å². The molecule has 0 aliphatic heterocycles. The Bertz CT molecular complexity index is 1410. The number of hydrogen-bond donors (Lipinski definition) is 2. The summed E-state index contributed by atoms with van der Waals surface area (Å²) in [5.41, 5.74) is 1.58. The van der Waals surface area contributed by atoms with Gasteiger partial charge in [0.15, 0.2) is 5.75 Å². The third-order valence-electron chi connectivity index (χ3n) is 5.93. The van der Waals surface area contributed by atoms with Crippen LogP contribution in [-0.2, 0) is 24.7 Å². The molecule has 0 aliphatic carbocycles. The molecular weight excluding hydrogens is 465 g/mol. The molecule has 0 radical (unpaired) electrons. The quantitative estimate of drug-likeness (QED) is 0.441. The van der Waals surface area contributed by atoms with Gasteiger partial charge in [0.25, 0.3) is 11.5 Å². The van der Waals surface area contributed by atoms with Crippen LogP contribution >= 0.6 is 0 Å². The number of aromatic nitrogens is 2. The number of amides is 2. The van der Waals surface area contributed by atoms with Crippen molar-refractivity contribution in [2.24, 2.45) is 7.05 Å². The van der Waals surface area contributed by atoms with E-state index in [0.717, 1.165) is 5.56 Å². The van der Waals surface area contributed by atoms with Crippen molar-refractivity contribution in [1.29, 1.82) is 5.26 Å². The van der Waals surface area contributed by atoms with Gasteiger partial charge in [-0.3, -0.25) is 19.4 Å². The van der Waals surface area contributed by atoms with Crippen molar-refractivity contribution >= 4 is 22.8 Å². The van der Waals surface area contributed by atoms with Crippen LogP contribution < -0.4 is 10.9 Å². The molecule has 3 aromatic rings. The molecular formula is C26H28FN5O4. The predicted molar refractivity (Wildman–Crippen MR) is 132 cm³/mol.